The molecule has 1 aromatic heterocycles. The molecule has 0 aliphatic carbocycles. The molecule has 0 amide bonds. The van der Waals surface area contributed by atoms with Crippen molar-refractivity contribution in [1.29, 1.82) is 0 Å². The Morgan fingerprint density at radius 2 is 1.89 bits per heavy atom. The Bertz CT molecular complexity index is 576. The molecule has 0 fully saturated rings. The summed E-state index contributed by atoms with van der Waals surface area (Å²) in [7, 11) is 0. The second-order valence-electron chi connectivity index (χ2n) is 6.51. The summed E-state index contributed by atoms with van der Waals surface area (Å²) in [5, 5.41) is 1.26. The lowest BCUT2D eigenvalue weighted by Gasteiger charge is -2.24. The number of nitrogen functional groups attached to an aromatic ring is 1. The van der Waals surface area contributed by atoms with Crippen LogP contribution in [0.4, 0.5) is 0 Å². The van der Waals surface area contributed by atoms with Crippen LogP contribution in [0.15, 0.2) is 24.3 Å². The summed E-state index contributed by atoms with van der Waals surface area (Å²) in [6, 6.07) is 8.87. The topological polar surface area (TPSA) is 30.9 Å². The molecule has 0 bridgehead atoms. The minimum absolute atomic E-state index is 0.126. The van der Waals surface area contributed by atoms with Crippen LogP contribution in [0.25, 0.3) is 10.9 Å². The van der Waals surface area contributed by atoms with E-state index in [0.717, 1.165) is 11.9 Å². The van der Waals surface area contributed by atoms with Crippen molar-refractivity contribution in [3.63, 3.8) is 0 Å². The summed E-state index contributed by atoms with van der Waals surface area (Å²) in [5.74, 6) is 6.85. The molecule has 2 N–H and O–H groups in total. The number of nitrogens with two attached hydrogens (primary N) is 1. The third-order valence-corrected chi connectivity index (χ3v) is 4.10. The van der Waals surface area contributed by atoms with Gasteiger partial charge in [-0.2, -0.15) is 0 Å². The molecule has 2 aromatic rings. The van der Waals surface area contributed by atoms with Gasteiger partial charge in [-0.25, -0.2) is 0 Å². The van der Waals surface area contributed by atoms with Crippen molar-refractivity contribution >= 4 is 10.9 Å². The maximum Gasteiger partial charge on any atom is 0.0693 e. The predicted molar refractivity (Wildman–Crippen MR) is 84.1 cm³/mol. The van der Waals surface area contributed by atoms with Gasteiger partial charge in [-0.1, -0.05) is 47.1 Å². The van der Waals surface area contributed by atoms with Crippen molar-refractivity contribution in [3.8, 4) is 0 Å². The number of nitrogens with zero attached hydrogens (tertiary/aromatic N) is 1. The van der Waals surface area contributed by atoms with Crippen molar-refractivity contribution < 1.29 is 0 Å². The fourth-order valence-corrected chi connectivity index (χ4v) is 2.89. The van der Waals surface area contributed by atoms with Gasteiger partial charge in [0, 0.05) is 16.5 Å². The van der Waals surface area contributed by atoms with Gasteiger partial charge < -0.3 is 5.84 Å². The van der Waals surface area contributed by atoms with E-state index in [9.17, 15) is 0 Å². The highest BCUT2D eigenvalue weighted by Gasteiger charge is 2.24. The summed E-state index contributed by atoms with van der Waals surface area (Å²) in [6.07, 6.45) is 2.32. The summed E-state index contributed by atoms with van der Waals surface area (Å²) >= 11 is 0. The van der Waals surface area contributed by atoms with E-state index < -0.39 is 0 Å². The van der Waals surface area contributed by atoms with Gasteiger partial charge in [0.05, 0.1) is 5.52 Å². The van der Waals surface area contributed by atoms with Crippen LogP contribution in [0.3, 0.4) is 0 Å². The van der Waals surface area contributed by atoms with E-state index in [4.69, 9.17) is 5.84 Å². The van der Waals surface area contributed by atoms with E-state index in [0.29, 0.717) is 5.92 Å². The molecule has 2 nitrogen and oxygen atoms in total. The Hall–Kier alpha value is -1.44. The van der Waals surface area contributed by atoms with Crippen molar-refractivity contribution in [1.82, 2.24) is 4.68 Å². The van der Waals surface area contributed by atoms with Crippen LogP contribution in [-0.4, -0.2) is 4.68 Å². The zero-order valence-electron chi connectivity index (χ0n) is 12.8. The average Bonchev–Trinajstić information content (AvgIpc) is 2.67. The second kappa shape index (κ2) is 4.92. The molecule has 0 atom stereocenters. The van der Waals surface area contributed by atoms with E-state index in [1.807, 2.05) is 4.68 Å². The zero-order valence-corrected chi connectivity index (χ0v) is 12.8. The van der Waals surface area contributed by atoms with Crippen LogP contribution in [0.2, 0.25) is 0 Å². The fraction of sp³-hybridized carbons (Fsp3) is 0.529. The minimum atomic E-state index is 0.126. The van der Waals surface area contributed by atoms with Crippen LogP contribution < -0.4 is 5.84 Å². The van der Waals surface area contributed by atoms with Gasteiger partial charge in [-0.3, -0.25) is 4.68 Å². The molecule has 2 rings (SSSR count). The highest BCUT2D eigenvalue weighted by Crippen LogP contribution is 2.32. The van der Waals surface area contributed by atoms with E-state index in [-0.39, 0.29) is 5.41 Å². The standard InChI is InChI=1S/C17H26N2/c1-6-9-17(4,5)16-11-14-10-13(12(2)3)7-8-15(14)19(16)18/h7-8,10-12H,6,9,18H2,1-5H3. The van der Waals surface area contributed by atoms with Crippen LogP contribution in [-0.2, 0) is 5.41 Å². The molecule has 19 heavy (non-hydrogen) atoms. The number of hydrogen-bond acceptors (Lipinski definition) is 1. The summed E-state index contributed by atoms with van der Waals surface area (Å²) < 4.78 is 1.87. The molecule has 0 radical (unpaired) electrons. The Kier molecular flexibility index (Phi) is 3.62. The molecule has 1 heterocycles. The molecule has 104 valence electrons. The first kappa shape index (κ1) is 14.0. The molecule has 0 saturated carbocycles. The lowest BCUT2D eigenvalue weighted by Crippen LogP contribution is -2.25. The summed E-state index contributed by atoms with van der Waals surface area (Å²) in [4.78, 5) is 0. The van der Waals surface area contributed by atoms with E-state index in [2.05, 4.69) is 58.9 Å². The Morgan fingerprint density at radius 3 is 2.47 bits per heavy atom. The third-order valence-electron chi connectivity index (χ3n) is 4.10. The Morgan fingerprint density at radius 1 is 1.21 bits per heavy atom. The Balaban J connectivity index is 2.56. The number of rotatable bonds is 4. The number of fused-ring (bicyclic) bond motifs is 1. The smallest absolute Gasteiger partial charge is 0.0693 e. The SMILES string of the molecule is CCCC(C)(C)c1cc2cc(C(C)C)ccc2n1N. The zero-order chi connectivity index (χ0) is 14.2. The van der Waals surface area contributed by atoms with Crippen LogP contribution in [0.1, 0.15) is 64.6 Å². The minimum Gasteiger partial charge on any atom is -0.339 e. The van der Waals surface area contributed by atoms with Gasteiger partial charge in [0.1, 0.15) is 0 Å². The molecule has 0 saturated heterocycles. The van der Waals surface area contributed by atoms with Gasteiger partial charge in [0.25, 0.3) is 0 Å². The molecular weight excluding hydrogens is 232 g/mol. The lowest BCUT2D eigenvalue weighted by atomic mass is 9.84. The first-order chi connectivity index (χ1) is 8.86. The maximum absolute atomic E-state index is 6.30. The quantitative estimate of drug-likeness (QED) is 0.801. The summed E-state index contributed by atoms with van der Waals surface area (Å²) in [5.41, 5.74) is 3.85. The van der Waals surface area contributed by atoms with Gasteiger partial charge in [-0.05, 0) is 36.1 Å². The molecule has 2 heteroatoms. The van der Waals surface area contributed by atoms with Gasteiger partial charge in [0.15, 0.2) is 0 Å². The van der Waals surface area contributed by atoms with Crippen molar-refractivity contribution in [2.45, 2.75) is 58.8 Å². The van der Waals surface area contributed by atoms with Crippen LogP contribution in [0, 0.1) is 0 Å². The van der Waals surface area contributed by atoms with Crippen molar-refractivity contribution in [2.24, 2.45) is 0 Å². The number of hydrogen-bond donors (Lipinski definition) is 1. The predicted octanol–water partition coefficient (Wildman–Crippen LogP) is 4.56. The normalized spacial score (nSPS) is 12.5. The van der Waals surface area contributed by atoms with Gasteiger partial charge in [-0.15, -0.1) is 0 Å². The van der Waals surface area contributed by atoms with E-state index in [1.165, 1.54) is 23.1 Å². The van der Waals surface area contributed by atoms with Crippen LogP contribution >= 0.6 is 0 Å². The molecule has 0 spiro atoms. The fourth-order valence-electron chi connectivity index (χ4n) is 2.89. The van der Waals surface area contributed by atoms with Crippen LogP contribution in [0.5, 0.6) is 0 Å². The van der Waals surface area contributed by atoms with Crippen molar-refractivity contribution in [3.05, 3.63) is 35.5 Å². The highest BCUT2D eigenvalue weighted by molar-refractivity contribution is 5.82. The average molecular weight is 258 g/mol. The third kappa shape index (κ3) is 2.49. The Labute approximate surface area is 116 Å². The number of aromatic nitrogens is 1. The maximum atomic E-state index is 6.30. The molecular formula is C17H26N2. The second-order valence-corrected chi connectivity index (χ2v) is 6.51. The molecule has 1 aromatic carbocycles. The largest absolute Gasteiger partial charge is 0.339 e. The summed E-state index contributed by atoms with van der Waals surface area (Å²) in [6.45, 7) is 11.2. The monoisotopic (exact) mass is 258 g/mol. The van der Waals surface area contributed by atoms with E-state index >= 15 is 0 Å². The van der Waals surface area contributed by atoms with Crippen molar-refractivity contribution in [2.75, 3.05) is 5.84 Å². The van der Waals surface area contributed by atoms with Gasteiger partial charge in [0.2, 0.25) is 0 Å². The lowest BCUT2D eigenvalue weighted by molar-refractivity contribution is 0.451. The molecule has 0 aliphatic heterocycles. The highest BCUT2D eigenvalue weighted by atomic mass is 15.3. The van der Waals surface area contributed by atoms with Gasteiger partial charge >= 0.3 is 0 Å². The molecule has 0 aliphatic rings. The number of benzene rings is 1. The first-order valence-electron chi connectivity index (χ1n) is 7.27. The van der Waals surface area contributed by atoms with E-state index in [1.54, 1.807) is 0 Å². The first-order valence-corrected chi connectivity index (χ1v) is 7.27. The molecule has 0 unspecified atom stereocenters.